The number of aryl methyl sites for hydroxylation is 2. The summed E-state index contributed by atoms with van der Waals surface area (Å²) in [6, 6.07) is 6.11. The highest BCUT2D eigenvalue weighted by atomic mass is 16.1. The third kappa shape index (κ3) is 6.39. The van der Waals surface area contributed by atoms with Gasteiger partial charge < -0.3 is 10.6 Å². The Morgan fingerprint density at radius 2 is 1.95 bits per heavy atom. The summed E-state index contributed by atoms with van der Waals surface area (Å²) < 4.78 is 0. The van der Waals surface area contributed by atoms with E-state index >= 15 is 0 Å². The molecule has 0 aromatic heterocycles. The zero-order chi connectivity index (χ0) is 14.1. The fraction of sp³-hybridized carbons (Fsp3) is 0.562. The van der Waals surface area contributed by atoms with Gasteiger partial charge in [-0.3, -0.25) is 4.79 Å². The maximum atomic E-state index is 11.8. The molecule has 0 aliphatic rings. The van der Waals surface area contributed by atoms with E-state index in [0.717, 1.165) is 24.3 Å². The highest BCUT2D eigenvalue weighted by Crippen LogP contribution is 2.16. The van der Waals surface area contributed by atoms with Crippen molar-refractivity contribution < 1.29 is 4.79 Å². The molecule has 2 N–H and O–H groups in total. The minimum Gasteiger partial charge on any atom is -0.326 e. The van der Waals surface area contributed by atoms with E-state index in [1.54, 1.807) is 0 Å². The van der Waals surface area contributed by atoms with Crippen LogP contribution in [0.25, 0.3) is 0 Å². The number of carbonyl (C=O) groups excluding carboxylic acids is 1. The molecule has 106 valence electrons. The van der Waals surface area contributed by atoms with Gasteiger partial charge >= 0.3 is 0 Å². The molecule has 1 amide bonds. The Morgan fingerprint density at radius 1 is 1.16 bits per heavy atom. The van der Waals surface area contributed by atoms with E-state index in [-0.39, 0.29) is 5.91 Å². The van der Waals surface area contributed by atoms with Crippen LogP contribution in [0.15, 0.2) is 18.2 Å². The highest BCUT2D eigenvalue weighted by Gasteiger charge is 2.04. The summed E-state index contributed by atoms with van der Waals surface area (Å²) in [6.07, 6.45) is 4.20. The van der Waals surface area contributed by atoms with E-state index < -0.39 is 0 Å². The summed E-state index contributed by atoms with van der Waals surface area (Å²) in [5.41, 5.74) is 3.20. The molecule has 19 heavy (non-hydrogen) atoms. The van der Waals surface area contributed by atoms with Crippen LogP contribution < -0.4 is 10.6 Å². The first-order chi connectivity index (χ1) is 9.13. The lowest BCUT2D eigenvalue weighted by Gasteiger charge is -2.09. The van der Waals surface area contributed by atoms with Gasteiger partial charge in [0.15, 0.2) is 0 Å². The largest absolute Gasteiger partial charge is 0.326 e. The van der Waals surface area contributed by atoms with Crippen molar-refractivity contribution in [3.8, 4) is 0 Å². The second kappa shape index (κ2) is 8.70. The van der Waals surface area contributed by atoms with Crippen LogP contribution in [0.5, 0.6) is 0 Å². The molecular formula is C16H26N2O. The van der Waals surface area contributed by atoms with Crippen LogP contribution >= 0.6 is 0 Å². The first-order valence-electron chi connectivity index (χ1n) is 7.21. The number of benzene rings is 1. The molecule has 0 radical (unpaired) electrons. The molecule has 3 nitrogen and oxygen atoms in total. The number of nitrogens with one attached hydrogen (secondary N) is 2. The van der Waals surface area contributed by atoms with Gasteiger partial charge in [0, 0.05) is 18.7 Å². The van der Waals surface area contributed by atoms with E-state index in [1.807, 2.05) is 26.0 Å². The third-order valence-corrected chi connectivity index (χ3v) is 3.15. The molecule has 1 aromatic carbocycles. The molecule has 0 fully saturated rings. The molecule has 0 saturated heterocycles. The van der Waals surface area contributed by atoms with Gasteiger partial charge in [-0.15, -0.1) is 0 Å². The average molecular weight is 262 g/mol. The highest BCUT2D eigenvalue weighted by molar-refractivity contribution is 5.91. The number of hydrogen-bond acceptors (Lipinski definition) is 2. The predicted octanol–water partition coefficient (Wildman–Crippen LogP) is 3.41. The summed E-state index contributed by atoms with van der Waals surface area (Å²) >= 11 is 0. The summed E-state index contributed by atoms with van der Waals surface area (Å²) in [7, 11) is 0. The number of rotatable bonds is 8. The van der Waals surface area contributed by atoms with Gasteiger partial charge in [-0.05, 0) is 44.0 Å². The summed E-state index contributed by atoms with van der Waals surface area (Å²) in [5, 5.41) is 6.28. The average Bonchev–Trinajstić information content (AvgIpc) is 2.38. The van der Waals surface area contributed by atoms with E-state index in [1.165, 1.54) is 24.8 Å². The number of carbonyl (C=O) groups is 1. The van der Waals surface area contributed by atoms with Crippen molar-refractivity contribution in [2.45, 2.75) is 46.5 Å². The van der Waals surface area contributed by atoms with Crippen LogP contribution in [-0.4, -0.2) is 19.0 Å². The smallest absolute Gasteiger partial charge is 0.225 e. The molecule has 0 aliphatic heterocycles. The van der Waals surface area contributed by atoms with Gasteiger partial charge in [-0.25, -0.2) is 0 Å². The molecule has 0 aliphatic carbocycles. The van der Waals surface area contributed by atoms with Crippen LogP contribution in [0.4, 0.5) is 5.69 Å². The van der Waals surface area contributed by atoms with Crippen molar-refractivity contribution in [3.63, 3.8) is 0 Å². The molecule has 0 atom stereocenters. The Hall–Kier alpha value is -1.35. The monoisotopic (exact) mass is 262 g/mol. The maximum Gasteiger partial charge on any atom is 0.225 e. The van der Waals surface area contributed by atoms with Crippen LogP contribution in [0.1, 0.15) is 43.7 Å². The third-order valence-electron chi connectivity index (χ3n) is 3.15. The fourth-order valence-electron chi connectivity index (χ4n) is 1.91. The summed E-state index contributed by atoms with van der Waals surface area (Å²) in [6.45, 7) is 7.99. The number of hydrogen-bond donors (Lipinski definition) is 2. The Kier molecular flexibility index (Phi) is 7.19. The number of amides is 1. The quantitative estimate of drug-likeness (QED) is 0.705. The Morgan fingerprint density at radius 3 is 2.68 bits per heavy atom. The zero-order valence-electron chi connectivity index (χ0n) is 12.4. The van der Waals surface area contributed by atoms with Crippen molar-refractivity contribution in [1.82, 2.24) is 5.32 Å². The second-order valence-electron chi connectivity index (χ2n) is 5.07. The van der Waals surface area contributed by atoms with Crippen LogP contribution in [0.2, 0.25) is 0 Å². The lowest BCUT2D eigenvalue weighted by molar-refractivity contribution is -0.116. The molecule has 0 heterocycles. The van der Waals surface area contributed by atoms with Crippen molar-refractivity contribution in [2.24, 2.45) is 0 Å². The Bertz CT molecular complexity index is 402. The molecule has 1 rings (SSSR count). The number of unbranched alkanes of at least 4 members (excludes halogenated alkanes) is 2. The molecular weight excluding hydrogens is 236 g/mol. The normalized spacial score (nSPS) is 10.5. The van der Waals surface area contributed by atoms with E-state index in [9.17, 15) is 4.79 Å². The van der Waals surface area contributed by atoms with Gasteiger partial charge in [0.2, 0.25) is 5.91 Å². The van der Waals surface area contributed by atoms with Crippen molar-refractivity contribution in [3.05, 3.63) is 29.3 Å². The van der Waals surface area contributed by atoms with Crippen LogP contribution in [-0.2, 0) is 4.79 Å². The zero-order valence-corrected chi connectivity index (χ0v) is 12.4. The maximum absolute atomic E-state index is 11.8. The molecule has 3 heteroatoms. The first-order valence-corrected chi connectivity index (χ1v) is 7.21. The van der Waals surface area contributed by atoms with Gasteiger partial charge in [0.1, 0.15) is 0 Å². The molecule has 1 aromatic rings. The van der Waals surface area contributed by atoms with E-state index in [2.05, 4.69) is 23.6 Å². The Labute approximate surface area is 116 Å². The van der Waals surface area contributed by atoms with Crippen LogP contribution in [0, 0.1) is 13.8 Å². The van der Waals surface area contributed by atoms with Gasteiger partial charge in [-0.1, -0.05) is 31.9 Å². The predicted molar refractivity (Wildman–Crippen MR) is 81.6 cm³/mol. The SMILES string of the molecule is CCCCCNCCC(=O)Nc1cc(C)ccc1C. The van der Waals surface area contributed by atoms with Crippen molar-refractivity contribution >= 4 is 11.6 Å². The van der Waals surface area contributed by atoms with Gasteiger partial charge in [0.05, 0.1) is 0 Å². The minimum absolute atomic E-state index is 0.0803. The summed E-state index contributed by atoms with van der Waals surface area (Å²) in [5.74, 6) is 0.0803. The topological polar surface area (TPSA) is 41.1 Å². The van der Waals surface area contributed by atoms with Crippen LogP contribution in [0.3, 0.4) is 0 Å². The van der Waals surface area contributed by atoms with E-state index in [0.29, 0.717) is 6.42 Å². The second-order valence-corrected chi connectivity index (χ2v) is 5.07. The molecule has 0 unspecified atom stereocenters. The van der Waals surface area contributed by atoms with Gasteiger partial charge in [-0.2, -0.15) is 0 Å². The summed E-state index contributed by atoms with van der Waals surface area (Å²) in [4.78, 5) is 11.8. The molecule has 0 bridgehead atoms. The van der Waals surface area contributed by atoms with Gasteiger partial charge in [0.25, 0.3) is 0 Å². The van der Waals surface area contributed by atoms with Crippen molar-refractivity contribution in [2.75, 3.05) is 18.4 Å². The molecule has 0 spiro atoms. The number of anilines is 1. The lowest BCUT2D eigenvalue weighted by Crippen LogP contribution is -2.22. The van der Waals surface area contributed by atoms with E-state index in [4.69, 9.17) is 0 Å². The van der Waals surface area contributed by atoms with Crippen molar-refractivity contribution in [1.29, 1.82) is 0 Å². The minimum atomic E-state index is 0.0803. The standard InChI is InChI=1S/C16H26N2O/c1-4-5-6-10-17-11-9-16(19)18-15-12-13(2)7-8-14(15)3/h7-8,12,17H,4-6,9-11H2,1-3H3,(H,18,19). The lowest BCUT2D eigenvalue weighted by atomic mass is 10.1. The Balaban J connectivity index is 2.25. The first kappa shape index (κ1) is 15.7. The fourth-order valence-corrected chi connectivity index (χ4v) is 1.91. The molecule has 0 saturated carbocycles.